The predicted octanol–water partition coefficient (Wildman–Crippen LogP) is 1.85. The molecular weight excluding hydrogens is 268 g/mol. The number of thioether (sulfide) groups is 1. The summed E-state index contributed by atoms with van der Waals surface area (Å²) in [5, 5.41) is 2.94. The molecule has 0 bridgehead atoms. The van der Waals surface area contributed by atoms with Gasteiger partial charge in [-0.2, -0.15) is 16.1 Å². The van der Waals surface area contributed by atoms with E-state index in [0.29, 0.717) is 10.6 Å². The van der Waals surface area contributed by atoms with E-state index in [1.165, 1.54) is 4.31 Å². The van der Waals surface area contributed by atoms with E-state index in [2.05, 4.69) is 5.32 Å². The largest absolute Gasteiger partial charge is 0.387 e. The lowest BCUT2D eigenvalue weighted by Crippen LogP contribution is -2.37. The van der Waals surface area contributed by atoms with Crippen LogP contribution in [0.1, 0.15) is 6.42 Å². The van der Waals surface area contributed by atoms with Crippen molar-refractivity contribution in [1.82, 2.24) is 4.31 Å². The molecule has 100 valence electrons. The highest BCUT2D eigenvalue weighted by Crippen LogP contribution is 2.29. The van der Waals surface area contributed by atoms with Crippen molar-refractivity contribution in [1.29, 1.82) is 0 Å². The molecule has 1 aliphatic heterocycles. The third kappa shape index (κ3) is 2.50. The van der Waals surface area contributed by atoms with Gasteiger partial charge in [-0.05, 0) is 24.3 Å². The van der Waals surface area contributed by atoms with Crippen LogP contribution in [0.15, 0.2) is 29.2 Å². The molecule has 0 amide bonds. The zero-order valence-corrected chi connectivity index (χ0v) is 12.2. The van der Waals surface area contributed by atoms with E-state index in [9.17, 15) is 8.42 Å². The van der Waals surface area contributed by atoms with Crippen LogP contribution in [0, 0.1) is 0 Å². The summed E-state index contributed by atoms with van der Waals surface area (Å²) in [6, 6.07) is 7.13. The number of hydrogen-bond donors (Lipinski definition) is 1. The molecule has 1 N–H and O–H groups in total. The molecule has 1 aliphatic rings. The van der Waals surface area contributed by atoms with Gasteiger partial charge in [0, 0.05) is 25.9 Å². The number of rotatable bonds is 4. The first kappa shape index (κ1) is 13.7. The third-order valence-corrected chi connectivity index (χ3v) is 6.35. The molecular formula is C12H18N2O2S2. The number of benzene rings is 1. The van der Waals surface area contributed by atoms with E-state index >= 15 is 0 Å². The molecule has 1 unspecified atom stereocenters. The van der Waals surface area contributed by atoms with Gasteiger partial charge in [0.1, 0.15) is 4.90 Å². The van der Waals surface area contributed by atoms with Crippen molar-refractivity contribution in [3.8, 4) is 0 Å². The van der Waals surface area contributed by atoms with Gasteiger partial charge in [0.2, 0.25) is 10.0 Å². The van der Waals surface area contributed by atoms with Gasteiger partial charge in [0.25, 0.3) is 0 Å². The SMILES string of the molecule is CNc1ccccc1S(=O)(=O)N(C)C1CCSC1. The van der Waals surface area contributed by atoms with Crippen LogP contribution in [0.25, 0.3) is 0 Å². The van der Waals surface area contributed by atoms with Crippen molar-refractivity contribution < 1.29 is 8.42 Å². The second kappa shape index (κ2) is 5.50. The lowest BCUT2D eigenvalue weighted by Gasteiger charge is -2.24. The van der Waals surface area contributed by atoms with Gasteiger partial charge in [-0.1, -0.05) is 12.1 Å². The molecule has 0 radical (unpaired) electrons. The van der Waals surface area contributed by atoms with Gasteiger partial charge in [0.15, 0.2) is 0 Å². The van der Waals surface area contributed by atoms with Crippen LogP contribution in [0.4, 0.5) is 5.69 Å². The van der Waals surface area contributed by atoms with Crippen LogP contribution in [-0.4, -0.2) is 44.4 Å². The first-order chi connectivity index (χ1) is 8.57. The highest BCUT2D eigenvalue weighted by molar-refractivity contribution is 7.99. The molecule has 0 aromatic heterocycles. The van der Waals surface area contributed by atoms with Crippen LogP contribution in [0.5, 0.6) is 0 Å². The topological polar surface area (TPSA) is 49.4 Å². The van der Waals surface area contributed by atoms with Gasteiger partial charge in [-0.3, -0.25) is 0 Å². The minimum atomic E-state index is -3.41. The molecule has 2 rings (SSSR count). The van der Waals surface area contributed by atoms with Gasteiger partial charge in [0.05, 0.1) is 5.69 Å². The lowest BCUT2D eigenvalue weighted by atomic mass is 10.3. The van der Waals surface area contributed by atoms with Crippen LogP contribution in [0.3, 0.4) is 0 Å². The summed E-state index contributed by atoms with van der Waals surface area (Å²) >= 11 is 1.81. The standard InChI is InChI=1S/C12H18N2O2S2/c1-13-11-5-3-4-6-12(11)18(15,16)14(2)10-7-8-17-9-10/h3-6,10,13H,7-9H2,1-2H3. The van der Waals surface area contributed by atoms with E-state index in [4.69, 9.17) is 0 Å². The van der Waals surface area contributed by atoms with Crippen molar-refractivity contribution in [2.75, 3.05) is 30.9 Å². The molecule has 1 saturated heterocycles. The minimum Gasteiger partial charge on any atom is -0.387 e. The number of para-hydroxylation sites is 1. The summed E-state index contributed by atoms with van der Waals surface area (Å²) in [7, 11) is 0.00711. The van der Waals surface area contributed by atoms with Crippen LogP contribution in [0.2, 0.25) is 0 Å². The fourth-order valence-electron chi connectivity index (χ4n) is 2.06. The Balaban J connectivity index is 2.35. The Labute approximate surface area is 113 Å². The predicted molar refractivity (Wildman–Crippen MR) is 76.7 cm³/mol. The first-order valence-electron chi connectivity index (χ1n) is 5.90. The average Bonchev–Trinajstić information content (AvgIpc) is 2.91. The quantitative estimate of drug-likeness (QED) is 0.918. The Morgan fingerprint density at radius 1 is 1.39 bits per heavy atom. The molecule has 0 aliphatic carbocycles. The Bertz CT molecular complexity index is 511. The number of nitrogens with zero attached hydrogens (tertiary/aromatic N) is 1. The van der Waals surface area contributed by atoms with E-state index in [0.717, 1.165) is 17.9 Å². The normalized spacial score (nSPS) is 20.3. The number of hydrogen-bond acceptors (Lipinski definition) is 4. The molecule has 0 saturated carbocycles. The summed E-state index contributed by atoms with van der Waals surface area (Å²) in [4.78, 5) is 0.354. The molecule has 18 heavy (non-hydrogen) atoms. The van der Waals surface area contributed by atoms with Gasteiger partial charge < -0.3 is 5.32 Å². The summed E-state index contributed by atoms with van der Waals surface area (Å²) in [6.45, 7) is 0. The van der Waals surface area contributed by atoms with E-state index in [-0.39, 0.29) is 6.04 Å². The van der Waals surface area contributed by atoms with Crippen molar-refractivity contribution >= 4 is 27.5 Å². The summed E-state index contributed by atoms with van der Waals surface area (Å²) in [5.41, 5.74) is 0.648. The monoisotopic (exact) mass is 286 g/mol. The highest BCUT2D eigenvalue weighted by atomic mass is 32.2. The molecule has 1 aromatic rings. The zero-order chi connectivity index (χ0) is 13.2. The molecule has 1 fully saturated rings. The van der Waals surface area contributed by atoms with E-state index in [1.54, 1.807) is 32.3 Å². The molecule has 1 atom stereocenters. The number of nitrogens with one attached hydrogen (secondary N) is 1. The summed E-state index contributed by atoms with van der Waals surface area (Å²) in [6.07, 6.45) is 0.933. The maximum Gasteiger partial charge on any atom is 0.245 e. The molecule has 1 aromatic carbocycles. The van der Waals surface area contributed by atoms with Crippen LogP contribution < -0.4 is 5.32 Å². The number of anilines is 1. The maximum absolute atomic E-state index is 12.6. The zero-order valence-electron chi connectivity index (χ0n) is 10.6. The van der Waals surface area contributed by atoms with Gasteiger partial charge >= 0.3 is 0 Å². The van der Waals surface area contributed by atoms with Gasteiger partial charge in [-0.15, -0.1) is 0 Å². The Kier molecular flexibility index (Phi) is 4.19. The molecule has 4 nitrogen and oxygen atoms in total. The van der Waals surface area contributed by atoms with Crippen LogP contribution in [-0.2, 0) is 10.0 Å². The Morgan fingerprint density at radius 3 is 2.72 bits per heavy atom. The van der Waals surface area contributed by atoms with Crippen molar-refractivity contribution in [3.05, 3.63) is 24.3 Å². The third-order valence-electron chi connectivity index (χ3n) is 3.23. The first-order valence-corrected chi connectivity index (χ1v) is 8.49. The van der Waals surface area contributed by atoms with Crippen molar-refractivity contribution in [3.63, 3.8) is 0 Å². The second-order valence-corrected chi connectivity index (χ2v) is 7.40. The fraction of sp³-hybridized carbons (Fsp3) is 0.500. The highest BCUT2D eigenvalue weighted by Gasteiger charge is 2.31. The fourth-order valence-corrected chi connectivity index (χ4v) is 5.00. The van der Waals surface area contributed by atoms with Crippen molar-refractivity contribution in [2.45, 2.75) is 17.4 Å². The number of sulfonamides is 1. The lowest BCUT2D eigenvalue weighted by molar-refractivity contribution is 0.395. The Hall–Kier alpha value is -0.720. The molecule has 6 heteroatoms. The van der Waals surface area contributed by atoms with Crippen LogP contribution >= 0.6 is 11.8 Å². The summed E-state index contributed by atoms with van der Waals surface area (Å²) < 4.78 is 26.7. The van der Waals surface area contributed by atoms with Crippen molar-refractivity contribution in [2.24, 2.45) is 0 Å². The summed E-state index contributed by atoms with van der Waals surface area (Å²) in [5.74, 6) is 1.93. The molecule has 0 spiro atoms. The Morgan fingerprint density at radius 2 is 2.11 bits per heavy atom. The molecule has 1 heterocycles. The van der Waals surface area contributed by atoms with E-state index < -0.39 is 10.0 Å². The van der Waals surface area contributed by atoms with E-state index in [1.807, 2.05) is 17.8 Å². The minimum absolute atomic E-state index is 0.116. The smallest absolute Gasteiger partial charge is 0.245 e. The maximum atomic E-state index is 12.6. The second-order valence-electron chi connectivity index (χ2n) is 4.28. The van der Waals surface area contributed by atoms with Gasteiger partial charge in [-0.25, -0.2) is 8.42 Å². The average molecular weight is 286 g/mol.